The Morgan fingerprint density at radius 1 is 1.00 bits per heavy atom. The van der Waals surface area contributed by atoms with Crippen molar-refractivity contribution in [1.82, 2.24) is 0 Å². The van der Waals surface area contributed by atoms with E-state index in [1.165, 1.54) is 12.1 Å². The highest BCUT2D eigenvalue weighted by atomic mass is 19.1. The monoisotopic (exact) mass is 523 g/mol. The fourth-order valence-corrected chi connectivity index (χ4v) is 4.61. The van der Waals surface area contributed by atoms with Crippen LogP contribution in [0.5, 0.6) is 17.2 Å². The SMILES string of the molecule is CCCCOc1cc(OC)ccc1[C@@H]1[C@@H](CC[C@H](O)c2ccc(F)cc2)OC(=O)N1c1ccc(OC)cc1. The number of cyclic esters (lactones) is 1. The second-order valence-electron chi connectivity index (χ2n) is 9.19. The van der Waals surface area contributed by atoms with Crippen LogP contribution in [-0.2, 0) is 4.74 Å². The molecule has 202 valence electrons. The van der Waals surface area contributed by atoms with E-state index in [0.29, 0.717) is 47.9 Å². The van der Waals surface area contributed by atoms with Crippen molar-refractivity contribution in [2.24, 2.45) is 0 Å². The highest BCUT2D eigenvalue weighted by Crippen LogP contribution is 2.44. The van der Waals surface area contributed by atoms with Gasteiger partial charge in [0.15, 0.2) is 0 Å². The zero-order chi connectivity index (χ0) is 27.1. The first kappa shape index (κ1) is 27.3. The summed E-state index contributed by atoms with van der Waals surface area (Å²) >= 11 is 0. The van der Waals surface area contributed by atoms with E-state index in [-0.39, 0.29) is 5.82 Å². The van der Waals surface area contributed by atoms with Crippen LogP contribution in [0.25, 0.3) is 0 Å². The van der Waals surface area contributed by atoms with Crippen molar-refractivity contribution in [3.05, 3.63) is 83.7 Å². The minimum absolute atomic E-state index is 0.318. The largest absolute Gasteiger partial charge is 0.497 e. The molecule has 1 aliphatic heterocycles. The molecule has 0 aromatic heterocycles. The van der Waals surface area contributed by atoms with E-state index in [9.17, 15) is 14.3 Å². The van der Waals surface area contributed by atoms with E-state index >= 15 is 0 Å². The lowest BCUT2D eigenvalue weighted by Crippen LogP contribution is -2.30. The summed E-state index contributed by atoms with van der Waals surface area (Å²) in [5.74, 6) is 1.56. The van der Waals surface area contributed by atoms with Gasteiger partial charge in [-0.05, 0) is 73.4 Å². The molecule has 0 bridgehead atoms. The predicted octanol–water partition coefficient (Wildman–Crippen LogP) is 6.60. The van der Waals surface area contributed by atoms with Gasteiger partial charge in [-0.3, -0.25) is 4.90 Å². The molecule has 3 aromatic carbocycles. The number of methoxy groups -OCH3 is 2. The number of rotatable bonds is 12. The molecule has 1 heterocycles. The number of aliphatic hydroxyl groups excluding tert-OH is 1. The fourth-order valence-electron chi connectivity index (χ4n) is 4.61. The maximum absolute atomic E-state index is 13.3. The second kappa shape index (κ2) is 12.6. The lowest BCUT2D eigenvalue weighted by molar-refractivity contribution is 0.100. The Morgan fingerprint density at radius 2 is 1.68 bits per heavy atom. The van der Waals surface area contributed by atoms with Gasteiger partial charge in [-0.25, -0.2) is 9.18 Å². The average Bonchev–Trinajstić information content (AvgIpc) is 3.27. The molecule has 1 amide bonds. The number of hydrogen-bond acceptors (Lipinski definition) is 6. The van der Waals surface area contributed by atoms with Gasteiger partial charge in [0.05, 0.1) is 26.9 Å². The summed E-state index contributed by atoms with van der Waals surface area (Å²) in [7, 11) is 3.18. The van der Waals surface area contributed by atoms with Crippen LogP contribution in [0.15, 0.2) is 66.7 Å². The number of aliphatic hydroxyl groups is 1. The van der Waals surface area contributed by atoms with E-state index in [1.54, 1.807) is 43.4 Å². The minimum Gasteiger partial charge on any atom is -0.497 e. The number of amides is 1. The third-order valence-electron chi connectivity index (χ3n) is 6.70. The third kappa shape index (κ3) is 6.19. The number of nitrogens with zero attached hydrogens (tertiary/aromatic N) is 1. The summed E-state index contributed by atoms with van der Waals surface area (Å²) in [6, 6.07) is 18.0. The topological polar surface area (TPSA) is 77.5 Å². The highest BCUT2D eigenvalue weighted by molar-refractivity contribution is 5.91. The highest BCUT2D eigenvalue weighted by Gasteiger charge is 2.45. The molecule has 4 rings (SSSR count). The number of anilines is 1. The maximum atomic E-state index is 13.3. The van der Waals surface area contributed by atoms with Gasteiger partial charge >= 0.3 is 6.09 Å². The average molecular weight is 524 g/mol. The Morgan fingerprint density at radius 3 is 2.34 bits per heavy atom. The molecule has 7 nitrogen and oxygen atoms in total. The Balaban J connectivity index is 1.68. The molecular weight excluding hydrogens is 489 g/mol. The molecule has 1 saturated heterocycles. The van der Waals surface area contributed by atoms with Crippen LogP contribution in [-0.4, -0.2) is 38.1 Å². The molecule has 3 atom stereocenters. The molecule has 8 heteroatoms. The lowest BCUT2D eigenvalue weighted by Gasteiger charge is -2.27. The summed E-state index contributed by atoms with van der Waals surface area (Å²) in [6.07, 6.45) is 0.665. The van der Waals surface area contributed by atoms with Gasteiger partial charge in [0, 0.05) is 17.3 Å². The number of ether oxygens (including phenoxy) is 4. The number of hydrogen-bond donors (Lipinski definition) is 1. The Kier molecular flexibility index (Phi) is 9.07. The number of halogens is 1. The molecule has 1 fully saturated rings. The predicted molar refractivity (Wildman–Crippen MR) is 142 cm³/mol. The molecule has 3 aromatic rings. The van der Waals surface area contributed by atoms with Crippen molar-refractivity contribution >= 4 is 11.8 Å². The minimum atomic E-state index is -0.832. The van der Waals surface area contributed by atoms with Crippen molar-refractivity contribution < 1.29 is 33.2 Å². The fraction of sp³-hybridized carbons (Fsp3) is 0.367. The van der Waals surface area contributed by atoms with Gasteiger partial charge < -0.3 is 24.1 Å². The summed E-state index contributed by atoms with van der Waals surface area (Å²) in [5.41, 5.74) is 2.04. The third-order valence-corrected chi connectivity index (χ3v) is 6.70. The molecule has 1 N–H and O–H groups in total. The first-order valence-corrected chi connectivity index (χ1v) is 12.8. The van der Waals surface area contributed by atoms with Crippen LogP contribution in [0.2, 0.25) is 0 Å². The zero-order valence-corrected chi connectivity index (χ0v) is 21.9. The van der Waals surface area contributed by atoms with Crippen molar-refractivity contribution in [3.63, 3.8) is 0 Å². The number of unbranched alkanes of at least 4 members (excludes halogenated alkanes) is 1. The van der Waals surface area contributed by atoms with Gasteiger partial charge in [-0.2, -0.15) is 0 Å². The number of carbonyl (C=O) groups is 1. The zero-order valence-electron chi connectivity index (χ0n) is 21.9. The van der Waals surface area contributed by atoms with Crippen molar-refractivity contribution in [1.29, 1.82) is 0 Å². The van der Waals surface area contributed by atoms with Crippen molar-refractivity contribution in [2.75, 3.05) is 25.7 Å². The Bertz CT molecular complexity index is 1200. The van der Waals surface area contributed by atoms with Gasteiger partial charge in [-0.15, -0.1) is 0 Å². The summed E-state index contributed by atoms with van der Waals surface area (Å²) in [5, 5.41) is 10.8. The van der Waals surface area contributed by atoms with E-state index < -0.39 is 24.3 Å². The van der Waals surface area contributed by atoms with Crippen LogP contribution in [0, 0.1) is 5.82 Å². The van der Waals surface area contributed by atoms with Gasteiger partial charge in [0.2, 0.25) is 0 Å². The van der Waals surface area contributed by atoms with Crippen molar-refractivity contribution in [3.8, 4) is 17.2 Å². The smallest absolute Gasteiger partial charge is 0.415 e. The molecule has 1 aliphatic rings. The molecular formula is C30H34FNO6. The molecule has 0 spiro atoms. The molecule has 0 saturated carbocycles. The van der Waals surface area contributed by atoms with Crippen LogP contribution in [0.1, 0.15) is 55.9 Å². The molecule has 0 radical (unpaired) electrons. The molecule has 38 heavy (non-hydrogen) atoms. The van der Waals surface area contributed by atoms with E-state index in [0.717, 1.165) is 18.4 Å². The standard InChI is InChI=1S/C30H34FNO6/c1-4-5-18-37-28-19-24(36-3)14-15-25(28)29-27(17-16-26(33)20-6-8-21(31)9-7-20)38-30(34)32(29)22-10-12-23(35-2)13-11-22/h6-15,19,26-27,29,33H,4-5,16-18H2,1-3H3/t26-,27+,29+/m0/s1. The lowest BCUT2D eigenvalue weighted by atomic mass is 9.93. The Labute approximate surface area is 222 Å². The normalized spacial score (nSPS) is 17.7. The first-order chi connectivity index (χ1) is 18.4. The van der Waals surface area contributed by atoms with Crippen molar-refractivity contribution in [2.45, 2.75) is 50.9 Å². The maximum Gasteiger partial charge on any atom is 0.415 e. The molecule has 0 aliphatic carbocycles. The summed E-state index contributed by atoms with van der Waals surface area (Å²) in [4.78, 5) is 14.9. The summed E-state index contributed by atoms with van der Waals surface area (Å²) < 4.78 is 36.1. The van der Waals surface area contributed by atoms with E-state index in [1.807, 2.05) is 30.3 Å². The number of benzene rings is 3. The van der Waals surface area contributed by atoms with Crippen LogP contribution in [0.4, 0.5) is 14.9 Å². The Hall–Kier alpha value is -3.78. The van der Waals surface area contributed by atoms with E-state index in [4.69, 9.17) is 18.9 Å². The first-order valence-electron chi connectivity index (χ1n) is 12.8. The summed E-state index contributed by atoms with van der Waals surface area (Å²) in [6.45, 7) is 2.61. The van der Waals surface area contributed by atoms with Crippen LogP contribution < -0.4 is 19.1 Å². The van der Waals surface area contributed by atoms with Crippen LogP contribution in [0.3, 0.4) is 0 Å². The van der Waals surface area contributed by atoms with E-state index in [2.05, 4.69) is 6.92 Å². The number of carbonyl (C=O) groups excluding carboxylic acids is 1. The second-order valence-corrected chi connectivity index (χ2v) is 9.19. The van der Waals surface area contributed by atoms with Crippen LogP contribution >= 0.6 is 0 Å². The quantitative estimate of drug-likeness (QED) is 0.270. The van der Waals surface area contributed by atoms with Gasteiger partial charge in [0.1, 0.15) is 35.2 Å². The molecule has 0 unspecified atom stereocenters. The van der Waals surface area contributed by atoms with Gasteiger partial charge in [-0.1, -0.05) is 25.5 Å². The van der Waals surface area contributed by atoms with Gasteiger partial charge in [0.25, 0.3) is 0 Å².